The third-order valence-electron chi connectivity index (χ3n) is 1.97. The van der Waals surface area contributed by atoms with Gasteiger partial charge in [-0.3, -0.25) is 9.59 Å². The molecule has 0 bridgehead atoms. The van der Waals surface area contributed by atoms with Crippen LogP contribution < -0.4 is 10.6 Å². The lowest BCUT2D eigenvalue weighted by Crippen LogP contribution is -2.48. The third kappa shape index (κ3) is 5.19. The first-order valence-corrected chi connectivity index (χ1v) is 5.50. The minimum absolute atomic E-state index is 0.404. The van der Waals surface area contributed by atoms with Gasteiger partial charge in [0.1, 0.15) is 0 Å². The highest BCUT2D eigenvalue weighted by molar-refractivity contribution is 6.35. The molecular formula is C12H18N2O3. The fraction of sp³-hybridized carbons (Fsp3) is 0.500. The van der Waals surface area contributed by atoms with Gasteiger partial charge in [-0.25, -0.2) is 0 Å². The molecule has 0 fully saturated rings. The summed E-state index contributed by atoms with van der Waals surface area (Å²) in [5.74, 6) is -1.21. The summed E-state index contributed by atoms with van der Waals surface area (Å²) >= 11 is 0. The molecule has 1 heterocycles. The van der Waals surface area contributed by atoms with Crippen LogP contribution in [0, 0.1) is 0 Å². The summed E-state index contributed by atoms with van der Waals surface area (Å²) in [5.41, 5.74) is 0.584. The lowest BCUT2D eigenvalue weighted by Gasteiger charge is -2.19. The zero-order chi connectivity index (χ0) is 12.9. The Morgan fingerprint density at radius 1 is 1.29 bits per heavy atom. The standard InChI is InChI=1S/C12H18N2O3/c1-12(2,3)14-11(16)10(15)13-6-4-9-5-7-17-8-9/h5,7-8H,4,6H2,1-3H3,(H,13,15)(H,14,16). The van der Waals surface area contributed by atoms with Crippen molar-refractivity contribution in [3.63, 3.8) is 0 Å². The highest BCUT2D eigenvalue weighted by Gasteiger charge is 2.19. The Kier molecular flexibility index (Phi) is 4.31. The Morgan fingerprint density at radius 3 is 2.53 bits per heavy atom. The molecule has 0 unspecified atom stereocenters. The summed E-state index contributed by atoms with van der Waals surface area (Å²) in [6.07, 6.45) is 3.83. The second-order valence-electron chi connectivity index (χ2n) is 4.84. The van der Waals surface area contributed by atoms with E-state index in [9.17, 15) is 9.59 Å². The van der Waals surface area contributed by atoms with Crippen molar-refractivity contribution >= 4 is 11.8 Å². The highest BCUT2D eigenvalue weighted by atomic mass is 16.3. The maximum atomic E-state index is 11.4. The Morgan fingerprint density at radius 2 is 2.00 bits per heavy atom. The predicted octanol–water partition coefficient (Wildman–Crippen LogP) is 0.853. The van der Waals surface area contributed by atoms with Gasteiger partial charge in [0.2, 0.25) is 0 Å². The van der Waals surface area contributed by atoms with Crippen molar-refractivity contribution in [3.05, 3.63) is 24.2 Å². The van der Waals surface area contributed by atoms with Crippen LogP contribution in [-0.4, -0.2) is 23.9 Å². The van der Waals surface area contributed by atoms with E-state index in [1.807, 2.05) is 26.8 Å². The van der Waals surface area contributed by atoms with E-state index < -0.39 is 17.4 Å². The second-order valence-corrected chi connectivity index (χ2v) is 4.84. The molecule has 5 heteroatoms. The normalized spacial score (nSPS) is 11.0. The molecule has 0 saturated carbocycles. The number of furan rings is 1. The Hall–Kier alpha value is -1.78. The molecule has 0 aliphatic carbocycles. The van der Waals surface area contributed by atoms with Crippen LogP contribution in [0.15, 0.2) is 23.0 Å². The minimum atomic E-state index is -0.608. The van der Waals surface area contributed by atoms with Crippen LogP contribution in [0.1, 0.15) is 26.3 Å². The van der Waals surface area contributed by atoms with Crippen molar-refractivity contribution in [2.24, 2.45) is 0 Å². The molecule has 5 nitrogen and oxygen atoms in total. The number of amides is 2. The van der Waals surface area contributed by atoms with E-state index in [1.54, 1.807) is 12.5 Å². The van der Waals surface area contributed by atoms with Crippen molar-refractivity contribution < 1.29 is 14.0 Å². The molecule has 0 aliphatic heterocycles. The minimum Gasteiger partial charge on any atom is -0.472 e. The maximum absolute atomic E-state index is 11.4. The topological polar surface area (TPSA) is 71.3 Å². The average molecular weight is 238 g/mol. The van der Waals surface area contributed by atoms with Crippen molar-refractivity contribution in [2.45, 2.75) is 32.7 Å². The SMILES string of the molecule is CC(C)(C)NC(=O)C(=O)NCCc1ccoc1. The van der Waals surface area contributed by atoms with Crippen LogP contribution in [0.5, 0.6) is 0 Å². The monoisotopic (exact) mass is 238 g/mol. The first kappa shape index (κ1) is 13.3. The van der Waals surface area contributed by atoms with Gasteiger partial charge in [-0.05, 0) is 38.8 Å². The van der Waals surface area contributed by atoms with E-state index in [0.29, 0.717) is 13.0 Å². The summed E-state index contributed by atoms with van der Waals surface area (Å²) in [6.45, 7) is 5.88. The zero-order valence-corrected chi connectivity index (χ0v) is 10.4. The number of rotatable bonds is 3. The van der Waals surface area contributed by atoms with Crippen LogP contribution in [-0.2, 0) is 16.0 Å². The van der Waals surface area contributed by atoms with Gasteiger partial charge in [-0.1, -0.05) is 0 Å². The Balaban J connectivity index is 2.27. The van der Waals surface area contributed by atoms with Crippen molar-refractivity contribution in [2.75, 3.05) is 6.54 Å². The lowest BCUT2D eigenvalue weighted by molar-refractivity contribution is -0.140. The molecule has 0 radical (unpaired) electrons. The highest BCUT2D eigenvalue weighted by Crippen LogP contribution is 2.00. The van der Waals surface area contributed by atoms with Gasteiger partial charge < -0.3 is 15.1 Å². The van der Waals surface area contributed by atoms with Gasteiger partial charge in [0.15, 0.2) is 0 Å². The summed E-state index contributed by atoms with van der Waals surface area (Å²) in [6, 6.07) is 1.82. The molecule has 2 amide bonds. The van der Waals surface area contributed by atoms with E-state index in [2.05, 4.69) is 10.6 Å². The Labute approximate surface area is 101 Å². The summed E-state index contributed by atoms with van der Waals surface area (Å²) in [4.78, 5) is 22.8. The third-order valence-corrected chi connectivity index (χ3v) is 1.97. The number of carbonyl (C=O) groups is 2. The zero-order valence-electron chi connectivity index (χ0n) is 10.4. The Bertz CT molecular complexity index is 377. The van der Waals surface area contributed by atoms with E-state index in [4.69, 9.17) is 4.42 Å². The van der Waals surface area contributed by atoms with Crippen molar-refractivity contribution in [1.82, 2.24) is 10.6 Å². The van der Waals surface area contributed by atoms with E-state index in [0.717, 1.165) is 5.56 Å². The average Bonchev–Trinajstić information content (AvgIpc) is 2.67. The van der Waals surface area contributed by atoms with Crippen LogP contribution in [0.4, 0.5) is 0 Å². The fourth-order valence-corrected chi connectivity index (χ4v) is 1.23. The molecule has 0 aromatic carbocycles. The molecule has 2 N–H and O–H groups in total. The molecule has 94 valence electrons. The first-order chi connectivity index (χ1) is 7.88. The molecule has 1 rings (SSSR count). The number of hydrogen-bond donors (Lipinski definition) is 2. The summed E-state index contributed by atoms with van der Waals surface area (Å²) in [5, 5.41) is 5.14. The molecule has 1 aromatic rings. The molecule has 0 spiro atoms. The van der Waals surface area contributed by atoms with Crippen LogP contribution in [0.2, 0.25) is 0 Å². The van der Waals surface area contributed by atoms with Gasteiger partial charge in [0, 0.05) is 12.1 Å². The smallest absolute Gasteiger partial charge is 0.309 e. The summed E-state index contributed by atoms with van der Waals surface area (Å²) in [7, 11) is 0. The molecule has 17 heavy (non-hydrogen) atoms. The van der Waals surface area contributed by atoms with E-state index in [1.165, 1.54) is 0 Å². The molecule has 0 saturated heterocycles. The van der Waals surface area contributed by atoms with Gasteiger partial charge in [-0.2, -0.15) is 0 Å². The van der Waals surface area contributed by atoms with Crippen LogP contribution in [0.25, 0.3) is 0 Å². The van der Waals surface area contributed by atoms with Crippen LogP contribution >= 0.6 is 0 Å². The number of carbonyl (C=O) groups excluding carboxylic acids is 2. The maximum Gasteiger partial charge on any atom is 0.309 e. The van der Waals surface area contributed by atoms with Gasteiger partial charge >= 0.3 is 11.8 Å². The molecule has 1 aromatic heterocycles. The first-order valence-electron chi connectivity index (χ1n) is 5.50. The largest absolute Gasteiger partial charge is 0.472 e. The van der Waals surface area contributed by atoms with E-state index >= 15 is 0 Å². The van der Waals surface area contributed by atoms with Crippen molar-refractivity contribution in [3.8, 4) is 0 Å². The molecule has 0 aliphatic rings. The lowest BCUT2D eigenvalue weighted by atomic mass is 10.1. The quantitative estimate of drug-likeness (QED) is 0.767. The fourth-order valence-electron chi connectivity index (χ4n) is 1.23. The summed E-state index contributed by atoms with van der Waals surface area (Å²) < 4.78 is 4.89. The molecular weight excluding hydrogens is 220 g/mol. The van der Waals surface area contributed by atoms with E-state index in [-0.39, 0.29) is 0 Å². The van der Waals surface area contributed by atoms with Gasteiger partial charge in [0.05, 0.1) is 12.5 Å². The van der Waals surface area contributed by atoms with Gasteiger partial charge in [0.25, 0.3) is 0 Å². The van der Waals surface area contributed by atoms with Gasteiger partial charge in [-0.15, -0.1) is 0 Å². The number of hydrogen-bond acceptors (Lipinski definition) is 3. The number of nitrogens with one attached hydrogen (secondary N) is 2. The predicted molar refractivity (Wildman–Crippen MR) is 63.3 cm³/mol. The second kappa shape index (κ2) is 5.52. The van der Waals surface area contributed by atoms with Crippen LogP contribution in [0.3, 0.4) is 0 Å². The molecule has 0 atom stereocenters. The van der Waals surface area contributed by atoms with Crippen molar-refractivity contribution in [1.29, 1.82) is 0 Å².